The molecule has 26 heavy (non-hydrogen) atoms. The molecule has 0 atom stereocenters. The zero-order valence-electron chi connectivity index (χ0n) is 15.7. The summed E-state index contributed by atoms with van der Waals surface area (Å²) in [5, 5.41) is 0.707. The summed E-state index contributed by atoms with van der Waals surface area (Å²) in [4.78, 5) is 12.4. The van der Waals surface area contributed by atoms with Gasteiger partial charge in [-0.1, -0.05) is 63.1 Å². The minimum atomic E-state index is 0.313. The van der Waals surface area contributed by atoms with E-state index in [1.165, 1.54) is 11.3 Å². The molecule has 0 fully saturated rings. The lowest BCUT2D eigenvalue weighted by molar-refractivity contribution is 0.346. The number of nitrogens with one attached hydrogen (secondary N) is 1. The zero-order valence-corrected chi connectivity index (χ0v) is 16.5. The number of aromatic nitrogens is 3. The van der Waals surface area contributed by atoms with Gasteiger partial charge in [0.2, 0.25) is 0 Å². The number of aromatic amines is 1. The fourth-order valence-corrected chi connectivity index (χ4v) is 3.09. The first-order valence-corrected chi connectivity index (χ1v) is 9.56. The van der Waals surface area contributed by atoms with E-state index in [0.717, 1.165) is 42.8 Å². The summed E-state index contributed by atoms with van der Waals surface area (Å²) in [6, 6.07) is 12.2. The first kappa shape index (κ1) is 18.7. The van der Waals surface area contributed by atoms with Crippen LogP contribution in [-0.2, 0) is 19.3 Å². The monoisotopic (exact) mass is 367 g/mol. The Labute approximate surface area is 160 Å². The van der Waals surface area contributed by atoms with E-state index in [2.05, 4.69) is 60.0 Å². The van der Waals surface area contributed by atoms with Crippen LogP contribution >= 0.6 is 11.6 Å². The van der Waals surface area contributed by atoms with Gasteiger partial charge in [-0.25, -0.2) is 4.98 Å². The van der Waals surface area contributed by atoms with Gasteiger partial charge in [-0.15, -0.1) is 0 Å². The normalized spacial score (nSPS) is 11.7. The third-order valence-corrected chi connectivity index (χ3v) is 5.16. The van der Waals surface area contributed by atoms with Crippen molar-refractivity contribution in [1.82, 2.24) is 15.0 Å². The predicted octanol–water partition coefficient (Wildman–Crippen LogP) is 5.89. The van der Waals surface area contributed by atoms with E-state index in [-0.39, 0.29) is 0 Å². The van der Waals surface area contributed by atoms with Crippen molar-refractivity contribution in [2.24, 2.45) is 5.41 Å². The quantitative estimate of drug-likeness (QED) is 0.565. The van der Waals surface area contributed by atoms with Gasteiger partial charge < -0.3 is 4.98 Å². The standard InChI is InChI=1S/C22H26ClN3/c1-4-22(2,3)14-19-15-25-21(26-19)10-7-16-5-8-17(9-6-16)20-13-18(23)11-12-24-20/h5-6,8-9,11-13,15H,4,7,10,14H2,1-3H3,(H,25,26). The number of aryl methyl sites for hydroxylation is 2. The van der Waals surface area contributed by atoms with Crippen molar-refractivity contribution in [2.45, 2.75) is 46.5 Å². The molecule has 0 aliphatic rings. The van der Waals surface area contributed by atoms with Gasteiger partial charge >= 0.3 is 0 Å². The van der Waals surface area contributed by atoms with Crippen LogP contribution in [0.1, 0.15) is 44.3 Å². The Bertz CT molecular complexity index is 850. The van der Waals surface area contributed by atoms with Gasteiger partial charge in [-0.05, 0) is 36.0 Å². The van der Waals surface area contributed by atoms with Crippen molar-refractivity contribution in [1.29, 1.82) is 0 Å². The van der Waals surface area contributed by atoms with Crippen molar-refractivity contribution in [2.75, 3.05) is 0 Å². The molecule has 0 saturated carbocycles. The van der Waals surface area contributed by atoms with Gasteiger partial charge in [0, 0.05) is 35.1 Å². The Balaban J connectivity index is 1.59. The molecule has 2 heterocycles. The lowest BCUT2D eigenvalue weighted by atomic mass is 9.85. The van der Waals surface area contributed by atoms with Gasteiger partial charge in [0.05, 0.1) is 5.69 Å². The van der Waals surface area contributed by atoms with E-state index in [4.69, 9.17) is 11.6 Å². The molecular formula is C22H26ClN3. The van der Waals surface area contributed by atoms with Crippen LogP contribution in [0.4, 0.5) is 0 Å². The van der Waals surface area contributed by atoms with E-state index in [9.17, 15) is 0 Å². The van der Waals surface area contributed by atoms with Gasteiger partial charge in [-0.2, -0.15) is 0 Å². The van der Waals surface area contributed by atoms with Crippen LogP contribution in [0.25, 0.3) is 11.3 Å². The van der Waals surface area contributed by atoms with E-state index in [1.807, 2.05) is 12.3 Å². The number of nitrogens with zero attached hydrogens (tertiary/aromatic N) is 2. The zero-order chi connectivity index (χ0) is 18.6. The topological polar surface area (TPSA) is 41.6 Å². The summed E-state index contributed by atoms with van der Waals surface area (Å²) >= 11 is 6.04. The Kier molecular flexibility index (Phi) is 5.77. The van der Waals surface area contributed by atoms with E-state index in [1.54, 1.807) is 12.3 Å². The molecule has 3 aromatic rings. The average molecular weight is 368 g/mol. The molecular weight excluding hydrogens is 342 g/mol. The first-order chi connectivity index (χ1) is 12.4. The Morgan fingerprint density at radius 1 is 1.04 bits per heavy atom. The van der Waals surface area contributed by atoms with Crippen LogP contribution in [0.5, 0.6) is 0 Å². The molecule has 1 N–H and O–H groups in total. The third kappa shape index (κ3) is 4.95. The molecule has 0 radical (unpaired) electrons. The summed E-state index contributed by atoms with van der Waals surface area (Å²) in [6.45, 7) is 6.83. The maximum absolute atomic E-state index is 6.04. The average Bonchev–Trinajstić information content (AvgIpc) is 3.07. The molecule has 0 aliphatic heterocycles. The van der Waals surface area contributed by atoms with Crippen LogP contribution in [0.3, 0.4) is 0 Å². The number of rotatable bonds is 7. The van der Waals surface area contributed by atoms with E-state index < -0.39 is 0 Å². The number of hydrogen-bond donors (Lipinski definition) is 1. The number of hydrogen-bond acceptors (Lipinski definition) is 2. The van der Waals surface area contributed by atoms with Crippen molar-refractivity contribution < 1.29 is 0 Å². The summed E-state index contributed by atoms with van der Waals surface area (Å²) < 4.78 is 0. The van der Waals surface area contributed by atoms with E-state index >= 15 is 0 Å². The lowest BCUT2D eigenvalue weighted by Gasteiger charge is -2.21. The smallest absolute Gasteiger partial charge is 0.106 e. The molecule has 0 spiro atoms. The lowest BCUT2D eigenvalue weighted by Crippen LogP contribution is -2.13. The molecule has 2 aromatic heterocycles. The third-order valence-electron chi connectivity index (χ3n) is 4.93. The summed E-state index contributed by atoms with van der Waals surface area (Å²) in [6.07, 6.45) is 7.81. The highest BCUT2D eigenvalue weighted by atomic mass is 35.5. The van der Waals surface area contributed by atoms with Crippen LogP contribution in [0.2, 0.25) is 5.02 Å². The van der Waals surface area contributed by atoms with Crippen molar-refractivity contribution in [3.05, 3.63) is 70.9 Å². The fraction of sp³-hybridized carbons (Fsp3) is 0.364. The number of imidazole rings is 1. The molecule has 3 nitrogen and oxygen atoms in total. The molecule has 0 saturated heterocycles. The Hall–Kier alpha value is -2.13. The molecule has 3 rings (SSSR count). The van der Waals surface area contributed by atoms with Crippen molar-refractivity contribution in [3.8, 4) is 11.3 Å². The molecule has 0 bridgehead atoms. The highest BCUT2D eigenvalue weighted by Gasteiger charge is 2.17. The second-order valence-electron chi connectivity index (χ2n) is 7.61. The predicted molar refractivity (Wildman–Crippen MR) is 108 cm³/mol. The number of H-pyrrole nitrogens is 1. The molecule has 136 valence electrons. The molecule has 0 aliphatic carbocycles. The minimum Gasteiger partial charge on any atom is -0.346 e. The number of benzene rings is 1. The Morgan fingerprint density at radius 2 is 1.81 bits per heavy atom. The van der Waals surface area contributed by atoms with Gasteiger partial charge in [0.1, 0.15) is 5.82 Å². The number of pyridine rings is 1. The van der Waals surface area contributed by atoms with Gasteiger partial charge in [0.25, 0.3) is 0 Å². The maximum Gasteiger partial charge on any atom is 0.106 e. The minimum absolute atomic E-state index is 0.313. The van der Waals surface area contributed by atoms with Gasteiger partial charge in [0.15, 0.2) is 0 Å². The maximum atomic E-state index is 6.04. The van der Waals surface area contributed by atoms with Crippen LogP contribution in [0.15, 0.2) is 48.8 Å². The fourth-order valence-electron chi connectivity index (χ4n) is 2.93. The highest BCUT2D eigenvalue weighted by Crippen LogP contribution is 2.25. The molecule has 4 heteroatoms. The second-order valence-corrected chi connectivity index (χ2v) is 8.04. The first-order valence-electron chi connectivity index (χ1n) is 9.19. The SMILES string of the molecule is CCC(C)(C)Cc1cnc(CCc2ccc(-c3cc(Cl)ccn3)cc2)[nH]1. The molecule has 1 aromatic carbocycles. The second kappa shape index (κ2) is 8.05. The Morgan fingerprint density at radius 3 is 2.50 bits per heavy atom. The van der Waals surface area contributed by atoms with Crippen LogP contribution in [0, 0.1) is 5.41 Å². The largest absolute Gasteiger partial charge is 0.346 e. The van der Waals surface area contributed by atoms with Gasteiger partial charge in [-0.3, -0.25) is 4.98 Å². The summed E-state index contributed by atoms with van der Waals surface area (Å²) in [5.41, 5.74) is 4.82. The highest BCUT2D eigenvalue weighted by molar-refractivity contribution is 6.30. The van der Waals surface area contributed by atoms with Crippen LogP contribution in [-0.4, -0.2) is 15.0 Å². The number of halogens is 1. The van der Waals surface area contributed by atoms with Crippen LogP contribution < -0.4 is 0 Å². The summed E-state index contributed by atoms with van der Waals surface area (Å²) in [7, 11) is 0. The van der Waals surface area contributed by atoms with E-state index in [0.29, 0.717) is 10.4 Å². The van der Waals surface area contributed by atoms with Crippen molar-refractivity contribution >= 4 is 11.6 Å². The molecule has 0 amide bonds. The summed E-state index contributed by atoms with van der Waals surface area (Å²) in [5.74, 6) is 1.06. The molecule has 0 unspecified atom stereocenters. The van der Waals surface area contributed by atoms with Crippen molar-refractivity contribution in [3.63, 3.8) is 0 Å².